The lowest BCUT2D eigenvalue weighted by atomic mass is 10.1. The summed E-state index contributed by atoms with van der Waals surface area (Å²) in [6.45, 7) is 2.89. The monoisotopic (exact) mass is 379 g/mol. The first-order valence-electron chi connectivity index (χ1n) is 8.34. The van der Waals surface area contributed by atoms with Gasteiger partial charge in [-0.3, -0.25) is 4.72 Å². The lowest BCUT2D eigenvalue weighted by molar-refractivity contribution is 0.340. The SMILES string of the molecule is CN(C)CC1CCN(c2ccc(S(=O)(=O)Nc3cccc(F)n3)nc2)C1. The van der Waals surface area contributed by atoms with Crippen LogP contribution >= 0.6 is 0 Å². The van der Waals surface area contributed by atoms with Crippen LogP contribution in [-0.2, 0) is 10.0 Å². The Morgan fingerprint density at radius 3 is 2.77 bits per heavy atom. The minimum absolute atomic E-state index is 0.0815. The Labute approximate surface area is 152 Å². The van der Waals surface area contributed by atoms with Gasteiger partial charge in [-0.05, 0) is 50.7 Å². The molecule has 2 aromatic rings. The van der Waals surface area contributed by atoms with Gasteiger partial charge in [-0.2, -0.15) is 12.8 Å². The molecule has 1 unspecified atom stereocenters. The summed E-state index contributed by atoms with van der Waals surface area (Å²) in [7, 11) is 0.207. The van der Waals surface area contributed by atoms with Crippen molar-refractivity contribution in [2.45, 2.75) is 11.4 Å². The van der Waals surface area contributed by atoms with Crippen LogP contribution in [0.1, 0.15) is 6.42 Å². The number of halogens is 1. The number of hydrogen-bond acceptors (Lipinski definition) is 6. The van der Waals surface area contributed by atoms with Crippen molar-refractivity contribution in [2.75, 3.05) is 43.4 Å². The topological polar surface area (TPSA) is 78.4 Å². The summed E-state index contributed by atoms with van der Waals surface area (Å²) in [4.78, 5) is 12.0. The molecule has 3 rings (SSSR count). The number of nitrogens with one attached hydrogen (secondary N) is 1. The molecule has 0 aromatic carbocycles. The standard InChI is InChI=1S/C17H22FN5O2S/c1-22(2)11-13-8-9-23(12-13)14-6-7-17(19-10-14)26(24,25)21-16-5-3-4-15(18)20-16/h3-7,10,13H,8-9,11-12H2,1-2H3,(H,20,21). The highest BCUT2D eigenvalue weighted by molar-refractivity contribution is 7.92. The first kappa shape index (κ1) is 18.5. The number of nitrogens with zero attached hydrogens (tertiary/aromatic N) is 4. The summed E-state index contributed by atoms with van der Waals surface area (Å²) >= 11 is 0. The van der Waals surface area contributed by atoms with E-state index >= 15 is 0 Å². The molecule has 140 valence electrons. The lowest BCUT2D eigenvalue weighted by Crippen LogP contribution is -2.25. The van der Waals surface area contributed by atoms with Crippen molar-refractivity contribution in [3.8, 4) is 0 Å². The minimum Gasteiger partial charge on any atom is -0.370 e. The van der Waals surface area contributed by atoms with Gasteiger partial charge in [-0.15, -0.1) is 0 Å². The zero-order chi connectivity index (χ0) is 18.7. The third-order valence-corrected chi connectivity index (χ3v) is 5.49. The number of aromatic nitrogens is 2. The normalized spacial score (nSPS) is 17.7. The van der Waals surface area contributed by atoms with E-state index in [2.05, 4.69) is 38.6 Å². The Bertz CT molecular complexity index is 858. The summed E-state index contributed by atoms with van der Waals surface area (Å²) in [5, 5.41) is -0.128. The largest absolute Gasteiger partial charge is 0.370 e. The molecule has 1 aliphatic heterocycles. The van der Waals surface area contributed by atoms with E-state index in [1.54, 1.807) is 12.3 Å². The Balaban J connectivity index is 1.69. The maximum atomic E-state index is 13.1. The number of pyridine rings is 2. The molecule has 7 nitrogen and oxygen atoms in total. The molecule has 0 spiro atoms. The predicted octanol–water partition coefficient (Wildman–Crippen LogP) is 1.80. The maximum absolute atomic E-state index is 13.1. The average molecular weight is 379 g/mol. The highest BCUT2D eigenvalue weighted by Gasteiger charge is 2.24. The number of rotatable bonds is 6. The van der Waals surface area contributed by atoms with Gasteiger partial charge in [-0.25, -0.2) is 9.97 Å². The van der Waals surface area contributed by atoms with Gasteiger partial charge in [0.05, 0.1) is 11.9 Å². The molecular weight excluding hydrogens is 357 g/mol. The van der Waals surface area contributed by atoms with Crippen LogP contribution < -0.4 is 9.62 Å². The van der Waals surface area contributed by atoms with E-state index in [0.29, 0.717) is 5.92 Å². The molecule has 2 aromatic heterocycles. The van der Waals surface area contributed by atoms with E-state index in [-0.39, 0.29) is 10.8 Å². The second-order valence-electron chi connectivity index (χ2n) is 6.67. The first-order chi connectivity index (χ1) is 12.3. The summed E-state index contributed by atoms with van der Waals surface area (Å²) in [5.74, 6) is -0.245. The number of hydrogen-bond donors (Lipinski definition) is 1. The molecule has 0 amide bonds. The van der Waals surface area contributed by atoms with Crippen molar-refractivity contribution >= 4 is 21.5 Å². The Hall–Kier alpha value is -2.26. The number of anilines is 2. The molecule has 26 heavy (non-hydrogen) atoms. The van der Waals surface area contributed by atoms with E-state index in [9.17, 15) is 12.8 Å². The molecule has 1 aliphatic rings. The van der Waals surface area contributed by atoms with Crippen LogP contribution in [0, 0.1) is 11.9 Å². The molecule has 0 bridgehead atoms. The van der Waals surface area contributed by atoms with E-state index in [4.69, 9.17) is 0 Å². The molecule has 0 saturated carbocycles. The summed E-state index contributed by atoms with van der Waals surface area (Å²) < 4.78 is 40.1. The van der Waals surface area contributed by atoms with Crippen molar-refractivity contribution < 1.29 is 12.8 Å². The van der Waals surface area contributed by atoms with Gasteiger partial charge in [0.15, 0.2) is 5.03 Å². The van der Waals surface area contributed by atoms with Crippen LogP contribution in [0.3, 0.4) is 0 Å². The highest BCUT2D eigenvalue weighted by atomic mass is 32.2. The Morgan fingerprint density at radius 1 is 1.31 bits per heavy atom. The smallest absolute Gasteiger partial charge is 0.280 e. The Kier molecular flexibility index (Phi) is 5.38. The van der Waals surface area contributed by atoms with Crippen molar-refractivity contribution in [3.05, 3.63) is 42.5 Å². The molecule has 3 heterocycles. The quantitative estimate of drug-likeness (QED) is 0.771. The van der Waals surface area contributed by atoms with E-state index in [1.807, 2.05) is 0 Å². The molecular formula is C17H22FN5O2S. The lowest BCUT2D eigenvalue weighted by Gasteiger charge is -2.20. The van der Waals surface area contributed by atoms with Gasteiger partial charge in [0.2, 0.25) is 5.95 Å². The van der Waals surface area contributed by atoms with Crippen molar-refractivity contribution in [1.82, 2.24) is 14.9 Å². The Morgan fingerprint density at radius 2 is 2.12 bits per heavy atom. The van der Waals surface area contributed by atoms with Crippen LogP contribution in [0.4, 0.5) is 15.9 Å². The molecule has 1 saturated heterocycles. The van der Waals surface area contributed by atoms with E-state index in [0.717, 1.165) is 37.8 Å². The fraction of sp³-hybridized carbons (Fsp3) is 0.412. The third kappa shape index (κ3) is 4.47. The van der Waals surface area contributed by atoms with Crippen LogP contribution in [0.2, 0.25) is 0 Å². The van der Waals surface area contributed by atoms with Gasteiger partial charge in [0, 0.05) is 19.6 Å². The van der Waals surface area contributed by atoms with E-state index < -0.39 is 16.0 Å². The van der Waals surface area contributed by atoms with E-state index in [1.165, 1.54) is 18.2 Å². The van der Waals surface area contributed by atoms with Crippen LogP contribution in [-0.4, -0.2) is 57.0 Å². The molecule has 0 aliphatic carbocycles. The van der Waals surface area contributed by atoms with Crippen LogP contribution in [0.5, 0.6) is 0 Å². The summed E-state index contributed by atoms with van der Waals surface area (Å²) in [5.41, 5.74) is 0.897. The summed E-state index contributed by atoms with van der Waals surface area (Å²) in [6.07, 6.45) is 2.66. The van der Waals surface area contributed by atoms with Crippen molar-refractivity contribution in [2.24, 2.45) is 5.92 Å². The van der Waals surface area contributed by atoms with Gasteiger partial charge in [0.25, 0.3) is 10.0 Å². The fourth-order valence-electron chi connectivity index (χ4n) is 3.11. The van der Waals surface area contributed by atoms with Crippen molar-refractivity contribution in [3.63, 3.8) is 0 Å². The molecule has 9 heteroatoms. The zero-order valence-corrected chi connectivity index (χ0v) is 15.6. The van der Waals surface area contributed by atoms with Crippen LogP contribution in [0.15, 0.2) is 41.6 Å². The second kappa shape index (κ2) is 7.55. The first-order valence-corrected chi connectivity index (χ1v) is 9.83. The predicted molar refractivity (Wildman–Crippen MR) is 98.1 cm³/mol. The van der Waals surface area contributed by atoms with Gasteiger partial charge in [-0.1, -0.05) is 6.07 Å². The van der Waals surface area contributed by atoms with Crippen LogP contribution in [0.25, 0.3) is 0 Å². The molecule has 1 N–H and O–H groups in total. The summed E-state index contributed by atoms with van der Waals surface area (Å²) in [6, 6.07) is 7.11. The third-order valence-electron chi connectivity index (χ3n) is 4.22. The van der Waals surface area contributed by atoms with Gasteiger partial charge < -0.3 is 9.80 Å². The highest BCUT2D eigenvalue weighted by Crippen LogP contribution is 2.24. The fourth-order valence-corrected chi connectivity index (χ4v) is 4.04. The average Bonchev–Trinajstić information content (AvgIpc) is 3.02. The molecule has 0 radical (unpaired) electrons. The second-order valence-corrected chi connectivity index (χ2v) is 8.30. The molecule has 1 fully saturated rings. The maximum Gasteiger partial charge on any atom is 0.280 e. The minimum atomic E-state index is -3.91. The zero-order valence-electron chi connectivity index (χ0n) is 14.8. The van der Waals surface area contributed by atoms with Gasteiger partial charge in [0.1, 0.15) is 5.82 Å². The van der Waals surface area contributed by atoms with Crippen molar-refractivity contribution in [1.29, 1.82) is 0 Å². The number of sulfonamides is 1. The molecule has 1 atom stereocenters. The van der Waals surface area contributed by atoms with Gasteiger partial charge >= 0.3 is 0 Å².